The molecule has 2 heterocycles. The van der Waals surface area contributed by atoms with Crippen LogP contribution in [0.3, 0.4) is 0 Å². The van der Waals surface area contributed by atoms with Crippen LogP contribution < -0.4 is 0 Å². The highest BCUT2D eigenvalue weighted by atomic mass is 16.3. The minimum Gasteiger partial charge on any atom is -0.508 e. The summed E-state index contributed by atoms with van der Waals surface area (Å²) in [4.78, 5) is 13.4. The summed E-state index contributed by atoms with van der Waals surface area (Å²) in [6, 6.07) is 27.0. The summed E-state index contributed by atoms with van der Waals surface area (Å²) in [7, 11) is 0. The van der Waals surface area contributed by atoms with Gasteiger partial charge in [-0.25, -0.2) is 0 Å². The standard InChI is InChI=1S/C37H40N4O3/c1-26-10-12-35(42)29(16-26)20-40(24-33-8-4-6-14-38-33)22-31-18-28(3)19-32(37(31)44)23-41(25-34-9-5-7-15-39-34)21-30-17-27(2)11-13-36(30)43/h4-19,42-44H,20-25H2,1-3H3. The van der Waals surface area contributed by atoms with E-state index in [4.69, 9.17) is 0 Å². The van der Waals surface area contributed by atoms with Gasteiger partial charge < -0.3 is 15.3 Å². The highest BCUT2D eigenvalue weighted by Crippen LogP contribution is 2.31. The van der Waals surface area contributed by atoms with E-state index in [0.717, 1.165) is 50.3 Å². The zero-order valence-electron chi connectivity index (χ0n) is 25.6. The SMILES string of the molecule is Cc1ccc(O)c(CN(Cc2ccccn2)Cc2cc(C)cc(CN(Cc3ccccn3)Cc3cc(C)ccc3O)c2O)c1. The van der Waals surface area contributed by atoms with Crippen molar-refractivity contribution in [2.45, 2.75) is 60.0 Å². The van der Waals surface area contributed by atoms with Gasteiger partial charge in [-0.3, -0.25) is 19.8 Å². The highest BCUT2D eigenvalue weighted by Gasteiger charge is 2.19. The molecule has 3 aromatic carbocycles. The summed E-state index contributed by atoms with van der Waals surface area (Å²) in [5.41, 5.74) is 8.27. The number of nitrogens with zero attached hydrogens (tertiary/aromatic N) is 4. The molecule has 0 bridgehead atoms. The van der Waals surface area contributed by atoms with E-state index in [9.17, 15) is 15.3 Å². The van der Waals surface area contributed by atoms with E-state index in [0.29, 0.717) is 39.3 Å². The summed E-state index contributed by atoms with van der Waals surface area (Å²) in [6.45, 7) is 9.07. The Morgan fingerprint density at radius 1 is 0.477 bits per heavy atom. The third-order valence-electron chi connectivity index (χ3n) is 7.68. The lowest BCUT2D eigenvalue weighted by Gasteiger charge is -2.26. The molecule has 226 valence electrons. The van der Waals surface area contributed by atoms with Crippen LogP contribution in [0.5, 0.6) is 17.2 Å². The lowest BCUT2D eigenvalue weighted by atomic mass is 10.0. The Morgan fingerprint density at radius 2 is 0.886 bits per heavy atom. The van der Waals surface area contributed by atoms with Crippen LogP contribution in [-0.4, -0.2) is 35.1 Å². The van der Waals surface area contributed by atoms with Gasteiger partial charge in [-0.2, -0.15) is 0 Å². The first-order valence-electron chi connectivity index (χ1n) is 14.9. The zero-order chi connectivity index (χ0) is 31.1. The van der Waals surface area contributed by atoms with Gasteiger partial charge in [0.25, 0.3) is 0 Å². The third-order valence-corrected chi connectivity index (χ3v) is 7.68. The van der Waals surface area contributed by atoms with E-state index in [2.05, 4.69) is 19.8 Å². The Labute approximate surface area is 259 Å². The van der Waals surface area contributed by atoms with Crippen molar-refractivity contribution in [1.82, 2.24) is 19.8 Å². The summed E-state index contributed by atoms with van der Waals surface area (Å²) in [6.07, 6.45) is 3.56. The fourth-order valence-electron chi connectivity index (χ4n) is 5.60. The van der Waals surface area contributed by atoms with Crippen molar-refractivity contribution in [3.8, 4) is 17.2 Å². The van der Waals surface area contributed by atoms with Crippen molar-refractivity contribution in [2.24, 2.45) is 0 Å². The van der Waals surface area contributed by atoms with E-state index >= 15 is 0 Å². The van der Waals surface area contributed by atoms with Gasteiger partial charge in [0.2, 0.25) is 0 Å². The van der Waals surface area contributed by atoms with Crippen molar-refractivity contribution in [3.05, 3.63) is 148 Å². The predicted molar refractivity (Wildman–Crippen MR) is 173 cm³/mol. The number of aryl methyl sites for hydroxylation is 3. The molecule has 2 aromatic heterocycles. The van der Waals surface area contributed by atoms with Gasteiger partial charge in [0.15, 0.2) is 0 Å². The van der Waals surface area contributed by atoms with E-state index in [1.807, 2.05) is 93.6 Å². The van der Waals surface area contributed by atoms with Crippen molar-refractivity contribution in [3.63, 3.8) is 0 Å². The van der Waals surface area contributed by atoms with Gasteiger partial charge in [0.05, 0.1) is 11.4 Å². The lowest BCUT2D eigenvalue weighted by molar-refractivity contribution is 0.231. The zero-order valence-corrected chi connectivity index (χ0v) is 25.6. The molecule has 5 rings (SSSR count). The second-order valence-electron chi connectivity index (χ2n) is 11.6. The molecule has 0 radical (unpaired) electrons. The minimum absolute atomic E-state index is 0.245. The predicted octanol–water partition coefficient (Wildman–Crippen LogP) is 6.92. The molecule has 0 amide bonds. The van der Waals surface area contributed by atoms with Crippen LogP contribution in [0, 0.1) is 20.8 Å². The molecule has 0 unspecified atom stereocenters. The molecule has 0 atom stereocenters. The Hall–Kier alpha value is -4.72. The molecule has 0 aliphatic heterocycles. The van der Waals surface area contributed by atoms with Crippen LogP contribution in [0.4, 0.5) is 0 Å². The number of phenols is 3. The molecular formula is C37H40N4O3. The number of hydrogen-bond acceptors (Lipinski definition) is 7. The first kappa shape index (κ1) is 30.7. The number of aromatic nitrogens is 2. The molecule has 0 spiro atoms. The molecular weight excluding hydrogens is 548 g/mol. The maximum Gasteiger partial charge on any atom is 0.124 e. The van der Waals surface area contributed by atoms with Crippen LogP contribution in [0.2, 0.25) is 0 Å². The number of phenolic OH excluding ortho intramolecular Hbond substituents is 3. The molecule has 5 aromatic rings. The highest BCUT2D eigenvalue weighted by molar-refractivity contribution is 5.44. The number of hydrogen-bond donors (Lipinski definition) is 3. The largest absolute Gasteiger partial charge is 0.508 e. The Kier molecular flexibility index (Phi) is 9.89. The van der Waals surface area contributed by atoms with E-state index < -0.39 is 0 Å². The Morgan fingerprint density at radius 3 is 1.30 bits per heavy atom. The van der Waals surface area contributed by atoms with E-state index in [1.54, 1.807) is 24.5 Å². The fourth-order valence-corrected chi connectivity index (χ4v) is 5.60. The monoisotopic (exact) mass is 588 g/mol. The first-order chi connectivity index (χ1) is 21.2. The lowest BCUT2D eigenvalue weighted by Crippen LogP contribution is -2.25. The van der Waals surface area contributed by atoms with Crippen molar-refractivity contribution < 1.29 is 15.3 Å². The summed E-state index contributed by atoms with van der Waals surface area (Å²) < 4.78 is 0. The van der Waals surface area contributed by atoms with E-state index in [1.165, 1.54) is 0 Å². The number of benzene rings is 3. The molecule has 0 fully saturated rings. The molecule has 3 N–H and O–H groups in total. The maximum atomic E-state index is 11.7. The molecule has 0 aliphatic carbocycles. The Balaban J connectivity index is 1.45. The Bertz CT molecular complexity index is 1570. The topological polar surface area (TPSA) is 93.0 Å². The van der Waals surface area contributed by atoms with Crippen LogP contribution in [0.15, 0.2) is 97.3 Å². The smallest absolute Gasteiger partial charge is 0.124 e. The summed E-state index contributed by atoms with van der Waals surface area (Å²) in [5, 5.41) is 32.9. The number of rotatable bonds is 12. The van der Waals surface area contributed by atoms with Gasteiger partial charge in [0.1, 0.15) is 17.2 Å². The average molecular weight is 589 g/mol. The minimum atomic E-state index is 0.245. The fraction of sp³-hybridized carbons (Fsp3) is 0.243. The third kappa shape index (κ3) is 8.22. The van der Waals surface area contributed by atoms with Crippen LogP contribution in [0.1, 0.15) is 50.3 Å². The second-order valence-corrected chi connectivity index (χ2v) is 11.6. The molecule has 0 aliphatic rings. The molecule has 0 saturated heterocycles. The normalized spacial score (nSPS) is 11.4. The van der Waals surface area contributed by atoms with E-state index in [-0.39, 0.29) is 17.2 Å². The van der Waals surface area contributed by atoms with Gasteiger partial charge >= 0.3 is 0 Å². The first-order valence-corrected chi connectivity index (χ1v) is 14.9. The molecule has 7 nitrogen and oxygen atoms in total. The van der Waals surface area contributed by atoms with Crippen molar-refractivity contribution >= 4 is 0 Å². The molecule has 7 heteroatoms. The summed E-state index contributed by atoms with van der Waals surface area (Å²) >= 11 is 0. The van der Waals surface area contributed by atoms with Crippen LogP contribution in [-0.2, 0) is 39.3 Å². The maximum absolute atomic E-state index is 11.7. The van der Waals surface area contributed by atoms with Gasteiger partial charge in [-0.1, -0.05) is 65.2 Å². The summed E-state index contributed by atoms with van der Waals surface area (Å²) in [5.74, 6) is 0.746. The average Bonchev–Trinajstić information content (AvgIpc) is 3.00. The van der Waals surface area contributed by atoms with Crippen molar-refractivity contribution in [1.29, 1.82) is 0 Å². The van der Waals surface area contributed by atoms with Gasteiger partial charge in [0, 0.05) is 73.9 Å². The van der Waals surface area contributed by atoms with Gasteiger partial charge in [-0.15, -0.1) is 0 Å². The molecule has 44 heavy (non-hydrogen) atoms. The van der Waals surface area contributed by atoms with Gasteiger partial charge in [-0.05, 0) is 57.2 Å². The van der Waals surface area contributed by atoms with Crippen molar-refractivity contribution in [2.75, 3.05) is 0 Å². The number of aromatic hydroxyl groups is 3. The van der Waals surface area contributed by atoms with Crippen LogP contribution in [0.25, 0.3) is 0 Å². The van der Waals surface area contributed by atoms with Crippen LogP contribution >= 0.6 is 0 Å². The molecule has 0 saturated carbocycles. The quantitative estimate of drug-likeness (QED) is 0.146. The number of pyridine rings is 2. The second kappa shape index (κ2) is 14.2.